The Morgan fingerprint density at radius 2 is 2.06 bits per heavy atom. The third-order valence-electron chi connectivity index (χ3n) is 2.32. The molecule has 18 heavy (non-hydrogen) atoms. The first-order valence-corrected chi connectivity index (χ1v) is 8.39. The molecule has 0 radical (unpaired) electrons. The summed E-state index contributed by atoms with van der Waals surface area (Å²) in [4.78, 5) is 0.0332. The van der Waals surface area contributed by atoms with E-state index in [4.69, 9.17) is 28.3 Å². The van der Waals surface area contributed by atoms with E-state index in [0.717, 1.165) is 11.3 Å². The van der Waals surface area contributed by atoms with Gasteiger partial charge in [-0.1, -0.05) is 23.2 Å². The lowest BCUT2D eigenvalue weighted by molar-refractivity contribution is 0.258. The van der Waals surface area contributed by atoms with Crippen LogP contribution in [-0.4, -0.2) is 37.0 Å². The van der Waals surface area contributed by atoms with Gasteiger partial charge in [0.1, 0.15) is 9.23 Å². The molecule has 0 aliphatic rings. The molecule has 1 rings (SSSR count). The Morgan fingerprint density at radius 1 is 1.44 bits per heavy atom. The van der Waals surface area contributed by atoms with Gasteiger partial charge in [-0.3, -0.25) is 0 Å². The van der Waals surface area contributed by atoms with Crippen molar-refractivity contribution in [1.29, 1.82) is 0 Å². The van der Waals surface area contributed by atoms with Gasteiger partial charge >= 0.3 is 0 Å². The van der Waals surface area contributed by atoms with Crippen molar-refractivity contribution >= 4 is 44.6 Å². The molecule has 1 aromatic rings. The maximum atomic E-state index is 12.4. The van der Waals surface area contributed by atoms with Crippen molar-refractivity contribution in [2.45, 2.75) is 31.2 Å². The van der Waals surface area contributed by atoms with E-state index >= 15 is 0 Å². The smallest absolute Gasteiger partial charge is 0.245 e. The lowest BCUT2D eigenvalue weighted by atomic mass is 10.3. The fourth-order valence-electron chi connectivity index (χ4n) is 1.51. The molecule has 0 bridgehead atoms. The van der Waals surface area contributed by atoms with Gasteiger partial charge < -0.3 is 5.11 Å². The highest BCUT2D eigenvalue weighted by molar-refractivity contribution is 7.89. The summed E-state index contributed by atoms with van der Waals surface area (Å²) in [6.45, 7) is 3.74. The van der Waals surface area contributed by atoms with Gasteiger partial charge in [0.05, 0.1) is 4.34 Å². The predicted molar refractivity (Wildman–Crippen MR) is 75.1 cm³/mol. The van der Waals surface area contributed by atoms with Gasteiger partial charge in [-0.05, 0) is 26.3 Å². The maximum Gasteiger partial charge on any atom is 0.245 e. The van der Waals surface area contributed by atoms with E-state index in [9.17, 15) is 8.42 Å². The molecule has 0 fully saturated rings. The number of thiophene rings is 1. The topological polar surface area (TPSA) is 57.6 Å². The van der Waals surface area contributed by atoms with Crippen molar-refractivity contribution in [1.82, 2.24) is 4.31 Å². The molecule has 0 saturated heterocycles. The molecule has 0 aliphatic heterocycles. The molecule has 1 N–H and O–H groups in total. The van der Waals surface area contributed by atoms with E-state index in [1.807, 2.05) is 0 Å². The number of hydrogen-bond acceptors (Lipinski definition) is 4. The van der Waals surface area contributed by atoms with Crippen molar-refractivity contribution in [3.05, 3.63) is 14.7 Å². The van der Waals surface area contributed by atoms with Crippen LogP contribution in [0, 0.1) is 0 Å². The standard InChI is InChI=1S/C10H15Cl2NO3S2/c1-7(2)13(4-3-5-14)18(15,16)8-6-9(11)17-10(8)12/h6-7,14H,3-5H2,1-2H3. The Hall–Kier alpha value is 0.150. The maximum absolute atomic E-state index is 12.4. The number of halogens is 2. The number of aliphatic hydroxyl groups is 1. The minimum atomic E-state index is -3.67. The lowest BCUT2D eigenvalue weighted by Gasteiger charge is -2.25. The molecule has 0 spiro atoms. The number of sulfonamides is 1. The first-order valence-electron chi connectivity index (χ1n) is 5.38. The number of rotatable bonds is 6. The van der Waals surface area contributed by atoms with Gasteiger partial charge in [0, 0.05) is 19.2 Å². The van der Waals surface area contributed by atoms with Crippen LogP contribution in [0.4, 0.5) is 0 Å². The molecule has 4 nitrogen and oxygen atoms in total. The molecule has 104 valence electrons. The molecule has 0 atom stereocenters. The zero-order chi connectivity index (χ0) is 13.9. The lowest BCUT2D eigenvalue weighted by Crippen LogP contribution is -2.37. The van der Waals surface area contributed by atoms with E-state index < -0.39 is 10.0 Å². The summed E-state index contributed by atoms with van der Waals surface area (Å²) in [5.41, 5.74) is 0. The van der Waals surface area contributed by atoms with Gasteiger partial charge in [-0.25, -0.2) is 8.42 Å². The van der Waals surface area contributed by atoms with E-state index in [-0.39, 0.29) is 28.4 Å². The number of nitrogens with zero attached hydrogens (tertiary/aromatic N) is 1. The van der Waals surface area contributed by atoms with E-state index in [0.29, 0.717) is 10.8 Å². The Kier molecular flexibility index (Phi) is 5.89. The molecule has 0 saturated carbocycles. The minimum absolute atomic E-state index is 0.0332. The van der Waals surface area contributed by atoms with Crippen LogP contribution in [0.15, 0.2) is 11.0 Å². The predicted octanol–water partition coefficient (Wildman–Crippen LogP) is 2.84. The van der Waals surface area contributed by atoms with Crippen LogP contribution < -0.4 is 0 Å². The van der Waals surface area contributed by atoms with Crippen LogP contribution >= 0.6 is 34.5 Å². The summed E-state index contributed by atoms with van der Waals surface area (Å²) in [6, 6.07) is 1.15. The normalized spacial score (nSPS) is 12.6. The SMILES string of the molecule is CC(C)N(CCCO)S(=O)(=O)c1cc(Cl)sc1Cl. The second kappa shape index (κ2) is 6.54. The molecule has 0 amide bonds. The van der Waals surface area contributed by atoms with Gasteiger partial charge in [0.15, 0.2) is 0 Å². The Bertz CT molecular complexity index is 499. The fraction of sp³-hybridized carbons (Fsp3) is 0.600. The zero-order valence-electron chi connectivity index (χ0n) is 10.1. The van der Waals surface area contributed by atoms with Crippen LogP contribution in [0.5, 0.6) is 0 Å². The molecule has 0 aliphatic carbocycles. The van der Waals surface area contributed by atoms with E-state index in [2.05, 4.69) is 0 Å². The second-order valence-electron chi connectivity index (χ2n) is 3.98. The molecular formula is C10H15Cl2NO3S2. The van der Waals surface area contributed by atoms with Crippen molar-refractivity contribution < 1.29 is 13.5 Å². The fourth-order valence-corrected chi connectivity index (χ4v) is 5.30. The third-order valence-corrected chi connectivity index (χ3v) is 6.15. The Labute approximate surface area is 121 Å². The number of aliphatic hydroxyl groups excluding tert-OH is 1. The highest BCUT2D eigenvalue weighted by Crippen LogP contribution is 2.36. The monoisotopic (exact) mass is 331 g/mol. The molecule has 0 aromatic carbocycles. The van der Waals surface area contributed by atoms with Crippen LogP contribution in [0.2, 0.25) is 8.67 Å². The van der Waals surface area contributed by atoms with Crippen LogP contribution in [-0.2, 0) is 10.0 Å². The van der Waals surface area contributed by atoms with E-state index in [1.54, 1.807) is 13.8 Å². The highest BCUT2D eigenvalue weighted by atomic mass is 35.5. The van der Waals surface area contributed by atoms with Gasteiger partial charge in [-0.2, -0.15) is 4.31 Å². The second-order valence-corrected chi connectivity index (χ2v) is 8.12. The van der Waals surface area contributed by atoms with Crippen molar-refractivity contribution in [2.24, 2.45) is 0 Å². The number of hydrogen-bond donors (Lipinski definition) is 1. The van der Waals surface area contributed by atoms with Crippen molar-refractivity contribution in [3.63, 3.8) is 0 Å². The zero-order valence-corrected chi connectivity index (χ0v) is 13.2. The van der Waals surface area contributed by atoms with Crippen LogP contribution in [0.25, 0.3) is 0 Å². The quantitative estimate of drug-likeness (QED) is 0.871. The molecule has 1 aromatic heterocycles. The summed E-state index contributed by atoms with van der Waals surface area (Å²) in [6.07, 6.45) is 0.382. The first-order chi connectivity index (χ1) is 8.30. The average molecular weight is 332 g/mol. The molecule has 1 heterocycles. The van der Waals surface area contributed by atoms with Gasteiger partial charge in [0.2, 0.25) is 10.0 Å². The van der Waals surface area contributed by atoms with Crippen molar-refractivity contribution in [3.8, 4) is 0 Å². The van der Waals surface area contributed by atoms with Gasteiger partial charge in [0.25, 0.3) is 0 Å². The molecular weight excluding hydrogens is 317 g/mol. The summed E-state index contributed by atoms with van der Waals surface area (Å²) in [7, 11) is -3.67. The van der Waals surface area contributed by atoms with Crippen molar-refractivity contribution in [2.75, 3.05) is 13.2 Å². The van der Waals surface area contributed by atoms with E-state index in [1.165, 1.54) is 10.4 Å². The minimum Gasteiger partial charge on any atom is -0.396 e. The summed E-state index contributed by atoms with van der Waals surface area (Å²) >= 11 is 12.7. The van der Waals surface area contributed by atoms with Gasteiger partial charge in [-0.15, -0.1) is 11.3 Å². The Morgan fingerprint density at radius 3 is 2.44 bits per heavy atom. The average Bonchev–Trinajstić information content (AvgIpc) is 2.58. The van der Waals surface area contributed by atoms with Crippen LogP contribution in [0.3, 0.4) is 0 Å². The summed E-state index contributed by atoms with van der Waals surface area (Å²) in [5.74, 6) is 0. The molecule has 0 unspecified atom stereocenters. The highest BCUT2D eigenvalue weighted by Gasteiger charge is 2.30. The third kappa shape index (κ3) is 3.59. The summed E-state index contributed by atoms with van der Waals surface area (Å²) in [5, 5.41) is 8.83. The largest absolute Gasteiger partial charge is 0.396 e. The molecule has 8 heteroatoms. The Balaban J connectivity index is 3.13. The van der Waals surface area contributed by atoms with Crippen LogP contribution in [0.1, 0.15) is 20.3 Å². The first kappa shape index (κ1) is 16.2. The summed E-state index contributed by atoms with van der Waals surface area (Å²) < 4.78 is 26.7.